The molecule has 11 heteroatoms. The summed E-state index contributed by atoms with van der Waals surface area (Å²) < 4.78 is 17.1. The summed E-state index contributed by atoms with van der Waals surface area (Å²) in [5.74, 6) is 0.486. The molecule has 1 amide bonds. The summed E-state index contributed by atoms with van der Waals surface area (Å²) in [4.78, 5) is 34.8. The molecule has 244 valence electrons. The molecular formula is C35H40Cl2N4O5. The van der Waals surface area contributed by atoms with Crippen molar-refractivity contribution in [2.75, 3.05) is 89.3 Å². The average molecular weight is 668 g/mol. The molecule has 0 bridgehead atoms. The predicted molar refractivity (Wildman–Crippen MR) is 182 cm³/mol. The number of hydrogen-bond acceptors (Lipinski definition) is 8. The molecule has 3 aliphatic rings. The topological polar surface area (TPSA) is 74.8 Å². The third kappa shape index (κ3) is 6.71. The average Bonchev–Trinajstić information content (AvgIpc) is 3.07. The van der Waals surface area contributed by atoms with Crippen LogP contribution in [0.2, 0.25) is 10.0 Å². The van der Waals surface area contributed by atoms with Gasteiger partial charge >= 0.3 is 0 Å². The van der Waals surface area contributed by atoms with Gasteiger partial charge < -0.3 is 28.9 Å². The van der Waals surface area contributed by atoms with Gasteiger partial charge in [-0.2, -0.15) is 0 Å². The number of piperazine rings is 1. The van der Waals surface area contributed by atoms with E-state index >= 15 is 0 Å². The van der Waals surface area contributed by atoms with Gasteiger partial charge in [0.15, 0.2) is 12.5 Å². The van der Waals surface area contributed by atoms with Crippen LogP contribution in [0.1, 0.15) is 38.8 Å². The molecule has 0 radical (unpaired) electrons. The Morgan fingerprint density at radius 2 is 1.63 bits per heavy atom. The fourth-order valence-corrected chi connectivity index (χ4v) is 7.14. The number of aryl methyl sites for hydroxylation is 1. The first-order chi connectivity index (χ1) is 22.2. The van der Waals surface area contributed by atoms with Crippen molar-refractivity contribution in [2.45, 2.75) is 20.4 Å². The Hall–Kier alpha value is -3.34. The Bertz CT molecular complexity index is 1600. The molecule has 3 aromatic rings. The van der Waals surface area contributed by atoms with Crippen molar-refractivity contribution in [3.05, 3.63) is 74.8 Å². The molecule has 2 fully saturated rings. The zero-order chi connectivity index (χ0) is 32.4. The fraction of sp³-hybridized carbons (Fsp3) is 0.429. The van der Waals surface area contributed by atoms with Crippen LogP contribution in [0.4, 0.5) is 11.4 Å². The fourth-order valence-electron chi connectivity index (χ4n) is 6.50. The van der Waals surface area contributed by atoms with Crippen molar-refractivity contribution in [2.24, 2.45) is 0 Å². The second kappa shape index (κ2) is 14.2. The lowest BCUT2D eigenvalue weighted by Crippen LogP contribution is -2.47. The van der Waals surface area contributed by atoms with Crippen LogP contribution < -0.4 is 14.5 Å². The molecule has 46 heavy (non-hydrogen) atoms. The zero-order valence-corrected chi connectivity index (χ0v) is 28.1. The lowest BCUT2D eigenvalue weighted by atomic mass is 9.93. The third-order valence-electron chi connectivity index (χ3n) is 9.07. The smallest absolute Gasteiger partial charge is 0.259 e. The van der Waals surface area contributed by atoms with E-state index in [2.05, 4.69) is 20.8 Å². The highest BCUT2D eigenvalue weighted by Gasteiger charge is 2.30. The largest absolute Gasteiger partial charge is 0.472 e. The summed E-state index contributed by atoms with van der Waals surface area (Å²) in [7, 11) is 1.72. The van der Waals surface area contributed by atoms with Crippen molar-refractivity contribution >= 4 is 46.3 Å². The molecule has 0 unspecified atom stereocenters. The molecule has 0 N–H and O–H groups in total. The Morgan fingerprint density at radius 1 is 0.913 bits per heavy atom. The van der Waals surface area contributed by atoms with Crippen LogP contribution in [0, 0.1) is 6.92 Å². The van der Waals surface area contributed by atoms with Gasteiger partial charge in [-0.1, -0.05) is 41.4 Å². The van der Waals surface area contributed by atoms with Crippen LogP contribution in [-0.4, -0.2) is 101 Å². The number of benzene rings is 3. The highest BCUT2D eigenvalue weighted by molar-refractivity contribution is 6.40. The quantitative estimate of drug-likeness (QED) is 0.281. The van der Waals surface area contributed by atoms with Crippen molar-refractivity contribution < 1.29 is 23.8 Å². The number of morpholine rings is 1. The van der Waals surface area contributed by atoms with Crippen LogP contribution in [0.15, 0.2) is 42.5 Å². The summed E-state index contributed by atoms with van der Waals surface area (Å²) in [6.07, 6.45) is 0. The van der Waals surface area contributed by atoms with Gasteiger partial charge in [0.25, 0.3) is 5.91 Å². The molecule has 2 saturated heterocycles. The highest BCUT2D eigenvalue weighted by atomic mass is 35.5. The number of methoxy groups -OCH3 is 1. The van der Waals surface area contributed by atoms with Crippen LogP contribution in [0.3, 0.4) is 0 Å². The molecule has 3 aromatic carbocycles. The van der Waals surface area contributed by atoms with Crippen LogP contribution in [0.5, 0.6) is 5.75 Å². The molecule has 0 saturated carbocycles. The minimum Gasteiger partial charge on any atom is -0.472 e. The van der Waals surface area contributed by atoms with E-state index in [4.69, 9.17) is 37.4 Å². The number of carbonyl (C=O) groups is 2. The SMILES string of the molecule is COCCN1CCN(c2cc(Cl)c(C(=O)N3COc4c(ccc(C)c4-c4ccc(C(C)=O)c(N5CCOCC5)c4)C3)c(Cl)c2)CC1. The normalized spacial score (nSPS) is 17.1. The Kier molecular flexibility index (Phi) is 10.1. The van der Waals surface area contributed by atoms with Crippen molar-refractivity contribution in [1.29, 1.82) is 0 Å². The van der Waals surface area contributed by atoms with Gasteiger partial charge in [-0.3, -0.25) is 14.5 Å². The van der Waals surface area contributed by atoms with Crippen molar-refractivity contribution in [3.8, 4) is 16.9 Å². The monoisotopic (exact) mass is 666 g/mol. The minimum absolute atomic E-state index is 0.0242. The first-order valence-corrected chi connectivity index (χ1v) is 16.5. The van der Waals surface area contributed by atoms with E-state index < -0.39 is 0 Å². The Labute approximate surface area is 280 Å². The van der Waals surface area contributed by atoms with Gasteiger partial charge in [0, 0.05) is 81.0 Å². The maximum atomic E-state index is 13.8. The third-order valence-corrected chi connectivity index (χ3v) is 9.66. The number of carbonyl (C=O) groups excluding carboxylic acids is 2. The van der Waals surface area contributed by atoms with Gasteiger partial charge in [0.1, 0.15) is 5.75 Å². The number of halogens is 2. The first-order valence-electron chi connectivity index (χ1n) is 15.7. The Morgan fingerprint density at radius 3 is 2.30 bits per heavy atom. The van der Waals surface area contributed by atoms with E-state index in [1.807, 2.05) is 43.3 Å². The van der Waals surface area contributed by atoms with Gasteiger partial charge in [-0.05, 0) is 49.2 Å². The summed E-state index contributed by atoms with van der Waals surface area (Å²) >= 11 is 13.5. The number of ketones is 1. The summed E-state index contributed by atoms with van der Waals surface area (Å²) in [5, 5.41) is 0.650. The molecule has 0 aliphatic carbocycles. The van der Waals surface area contributed by atoms with Crippen LogP contribution in [-0.2, 0) is 16.0 Å². The van der Waals surface area contributed by atoms with Gasteiger partial charge in [0.2, 0.25) is 0 Å². The number of rotatable bonds is 8. The van der Waals surface area contributed by atoms with Crippen LogP contribution in [0.25, 0.3) is 11.1 Å². The zero-order valence-electron chi connectivity index (χ0n) is 26.6. The molecule has 3 aliphatic heterocycles. The summed E-state index contributed by atoms with van der Waals surface area (Å²) in [6, 6.07) is 13.7. The summed E-state index contributed by atoms with van der Waals surface area (Å²) in [5.41, 5.74) is 6.63. The van der Waals surface area contributed by atoms with Gasteiger partial charge in [-0.15, -0.1) is 0 Å². The van der Waals surface area contributed by atoms with E-state index in [-0.39, 0.29) is 24.0 Å². The highest BCUT2D eigenvalue weighted by Crippen LogP contribution is 2.42. The number of anilines is 2. The Balaban J connectivity index is 1.22. The molecule has 0 atom stereocenters. The maximum Gasteiger partial charge on any atom is 0.259 e. The van der Waals surface area contributed by atoms with Crippen molar-refractivity contribution in [1.82, 2.24) is 9.80 Å². The lowest BCUT2D eigenvalue weighted by molar-refractivity contribution is 0.0516. The van der Waals surface area contributed by atoms with Gasteiger partial charge in [-0.25, -0.2) is 0 Å². The van der Waals surface area contributed by atoms with Crippen LogP contribution >= 0.6 is 23.2 Å². The molecule has 0 aromatic heterocycles. The van der Waals surface area contributed by atoms with E-state index in [0.29, 0.717) is 42.0 Å². The van der Waals surface area contributed by atoms with Crippen molar-refractivity contribution in [3.63, 3.8) is 0 Å². The number of hydrogen-bond donors (Lipinski definition) is 0. The number of nitrogens with zero attached hydrogens (tertiary/aromatic N) is 4. The van der Waals surface area contributed by atoms with E-state index in [0.717, 1.165) is 85.2 Å². The molecule has 9 nitrogen and oxygen atoms in total. The second-order valence-electron chi connectivity index (χ2n) is 12.0. The van der Waals surface area contributed by atoms with E-state index in [1.54, 1.807) is 18.9 Å². The number of amides is 1. The molecule has 6 rings (SSSR count). The van der Waals surface area contributed by atoms with Gasteiger partial charge in [0.05, 0.1) is 42.0 Å². The maximum absolute atomic E-state index is 13.8. The van der Waals surface area contributed by atoms with E-state index in [1.165, 1.54) is 0 Å². The number of fused-ring (bicyclic) bond motifs is 1. The first kappa shape index (κ1) is 32.6. The number of Topliss-reactive ketones (excluding diaryl/α,β-unsaturated/α-hetero) is 1. The predicted octanol–water partition coefficient (Wildman–Crippen LogP) is 5.77. The molecule has 0 spiro atoms. The summed E-state index contributed by atoms with van der Waals surface area (Å²) in [6.45, 7) is 11.9. The number of ether oxygens (including phenoxy) is 3. The standard InChI is InChI=1S/C35H40Cl2N4O5/c1-23-4-5-26-21-41(35(43)33-29(36)19-27(20-30(33)37)39-10-8-38(9-11-39)12-15-44-3)22-46-34(26)32(23)25-6-7-28(24(2)42)31(18-25)40-13-16-45-17-14-40/h4-7,18-20H,8-17,21-22H2,1-3H3. The minimum atomic E-state index is -0.279. The second-order valence-corrected chi connectivity index (χ2v) is 12.8. The lowest BCUT2D eigenvalue weighted by Gasteiger charge is -2.36. The molecule has 3 heterocycles. The molecular weight excluding hydrogens is 627 g/mol. The van der Waals surface area contributed by atoms with E-state index in [9.17, 15) is 9.59 Å².